The zero-order chi connectivity index (χ0) is 44.0. The molecule has 13 nitrogen and oxygen atoms in total. The van der Waals surface area contributed by atoms with Crippen molar-refractivity contribution >= 4 is 41.4 Å². The minimum Gasteiger partial charge on any atom is -0.495 e. The van der Waals surface area contributed by atoms with Gasteiger partial charge >= 0.3 is 18.2 Å². The van der Waals surface area contributed by atoms with Gasteiger partial charge in [-0.2, -0.15) is 0 Å². The van der Waals surface area contributed by atoms with Crippen molar-refractivity contribution in [2.75, 3.05) is 32.7 Å². The monoisotopic (exact) mass is 855 g/mol. The number of hydrogen-bond donors (Lipinski definition) is 2. The van der Waals surface area contributed by atoms with E-state index in [1.807, 2.05) is 86.7 Å². The number of allylic oxidation sites excluding steroid dienone is 3. The maximum atomic E-state index is 14.3. The van der Waals surface area contributed by atoms with Crippen LogP contribution in [-0.2, 0) is 35.0 Å². The summed E-state index contributed by atoms with van der Waals surface area (Å²) in [6.07, 6.45) is 1.64. The number of amides is 3. The number of hydrogen-bond acceptors (Lipinski definition) is 10. The number of nitrogens with zero attached hydrogens (tertiary/aromatic N) is 2. The number of nitrogens with one attached hydrogen (secondary N) is 1. The lowest BCUT2D eigenvalue weighted by Crippen LogP contribution is -2.60. The molecule has 7 rings (SSSR count). The van der Waals surface area contributed by atoms with Crippen LogP contribution in [0.4, 0.5) is 15.3 Å². The van der Waals surface area contributed by atoms with E-state index < -0.39 is 71.6 Å². The van der Waals surface area contributed by atoms with Gasteiger partial charge in [0.25, 0.3) is 0 Å². The number of halogens is 1. The highest BCUT2D eigenvalue weighted by Crippen LogP contribution is 2.50. The maximum absolute atomic E-state index is 14.3. The minimum atomic E-state index is -1.64. The van der Waals surface area contributed by atoms with Crippen molar-refractivity contribution < 1.29 is 48.0 Å². The molecule has 0 spiro atoms. The van der Waals surface area contributed by atoms with Crippen molar-refractivity contribution in [2.24, 2.45) is 11.8 Å². The number of benzene rings is 3. The van der Waals surface area contributed by atoms with Crippen LogP contribution in [0.3, 0.4) is 0 Å². The molecule has 2 saturated heterocycles. The lowest BCUT2D eigenvalue weighted by Gasteiger charge is -2.41. The number of rotatable bonds is 6. The van der Waals surface area contributed by atoms with Gasteiger partial charge in [-0.3, -0.25) is 15.0 Å². The van der Waals surface area contributed by atoms with Crippen molar-refractivity contribution in [3.63, 3.8) is 0 Å². The fraction of sp³-hybridized carbons (Fsp3) is 0.447. The second-order valence-corrected chi connectivity index (χ2v) is 17.3. The molecule has 0 radical (unpaired) electrons. The van der Waals surface area contributed by atoms with E-state index in [4.69, 9.17) is 35.3 Å². The van der Waals surface area contributed by atoms with Crippen LogP contribution in [0.25, 0.3) is 11.1 Å². The average Bonchev–Trinajstić information content (AvgIpc) is 3.84. The summed E-state index contributed by atoms with van der Waals surface area (Å²) < 4.78 is 29.7. The molecular weight excluding hydrogens is 802 g/mol. The normalized spacial score (nSPS) is 29.3. The molecule has 0 saturated carbocycles. The first-order valence-corrected chi connectivity index (χ1v) is 21.0. The molecular formula is C47H54ClN3O10. The second-order valence-electron chi connectivity index (χ2n) is 16.9. The lowest BCUT2D eigenvalue weighted by atomic mass is 9.82. The average molecular weight is 856 g/mol. The highest BCUT2D eigenvalue weighted by atomic mass is 35.5. The van der Waals surface area contributed by atoms with Crippen molar-refractivity contribution in [1.82, 2.24) is 10.2 Å². The molecule has 3 aromatic rings. The van der Waals surface area contributed by atoms with E-state index in [9.17, 15) is 24.3 Å². The summed E-state index contributed by atoms with van der Waals surface area (Å²) in [5.74, 6) is -2.05. The lowest BCUT2D eigenvalue weighted by molar-refractivity contribution is -0.158. The van der Waals surface area contributed by atoms with Crippen LogP contribution in [-0.4, -0.2) is 97.6 Å². The molecule has 0 aromatic heterocycles. The summed E-state index contributed by atoms with van der Waals surface area (Å²) in [5, 5.41) is 14.6. The number of fused-ring (bicyclic) bond motifs is 8. The maximum Gasteiger partial charge on any atom is 0.410 e. The van der Waals surface area contributed by atoms with Gasteiger partial charge in [0, 0.05) is 38.3 Å². The van der Waals surface area contributed by atoms with Crippen LogP contribution >= 0.6 is 11.6 Å². The highest BCUT2D eigenvalue weighted by Gasteiger charge is 2.64. The minimum absolute atomic E-state index is 0.0439. The number of epoxide rings is 1. The van der Waals surface area contributed by atoms with Gasteiger partial charge in [0.15, 0.2) is 0 Å². The number of likely N-dealkylation sites (N-methyl/N-ethyl adjacent to an activating group) is 1. The SMILES string of the molecule is COc1cc2cc(c1Cl)N(C)C(=O)CC(OC(=O)[C@@H](C)N(C)C(=O)OCC1c3ccccc3-c3ccccc31)C1(C)OC1C(C)C1CC(O)(NC(=O)O1)C(C)/C=C/C=C(\C)C2. The molecule has 7 unspecified atom stereocenters. The number of aliphatic hydroxyl groups is 1. The Kier molecular flexibility index (Phi) is 12.3. The van der Waals surface area contributed by atoms with Crippen LogP contribution in [0.1, 0.15) is 70.1 Å². The van der Waals surface area contributed by atoms with E-state index in [-0.39, 0.29) is 30.4 Å². The van der Waals surface area contributed by atoms with Crippen molar-refractivity contribution in [1.29, 1.82) is 0 Å². The van der Waals surface area contributed by atoms with E-state index >= 15 is 0 Å². The fourth-order valence-electron chi connectivity index (χ4n) is 8.76. The van der Waals surface area contributed by atoms with Gasteiger partial charge in [-0.1, -0.05) is 97.8 Å². The predicted molar refractivity (Wildman–Crippen MR) is 229 cm³/mol. The Morgan fingerprint density at radius 3 is 2.39 bits per heavy atom. The van der Waals surface area contributed by atoms with Gasteiger partial charge in [0.2, 0.25) is 5.91 Å². The van der Waals surface area contributed by atoms with Crippen molar-refractivity contribution in [3.05, 3.63) is 106 Å². The Morgan fingerprint density at radius 2 is 1.74 bits per heavy atom. The molecule has 4 bridgehead atoms. The molecule has 1 aliphatic carbocycles. The predicted octanol–water partition coefficient (Wildman–Crippen LogP) is 7.56. The van der Waals surface area contributed by atoms with Crippen molar-refractivity contribution in [3.8, 4) is 16.9 Å². The topological polar surface area (TPSA) is 156 Å². The van der Waals surface area contributed by atoms with Gasteiger partial charge < -0.3 is 33.7 Å². The number of anilines is 1. The largest absolute Gasteiger partial charge is 0.495 e. The van der Waals surface area contributed by atoms with E-state index in [1.54, 1.807) is 27.0 Å². The summed E-state index contributed by atoms with van der Waals surface area (Å²) in [6.45, 7) is 8.90. The molecule has 2 N–H and O–H groups in total. The molecule has 2 fully saturated rings. The number of methoxy groups -OCH3 is 1. The van der Waals surface area contributed by atoms with Crippen molar-refractivity contribution in [2.45, 2.75) is 95.5 Å². The van der Waals surface area contributed by atoms with Gasteiger partial charge in [-0.25, -0.2) is 14.4 Å². The Balaban J connectivity index is 1.14. The first-order valence-electron chi connectivity index (χ1n) is 20.6. The molecule has 8 atom stereocenters. The Hall–Kier alpha value is -5.37. The van der Waals surface area contributed by atoms with Gasteiger partial charge in [-0.05, 0) is 67.1 Å². The summed E-state index contributed by atoms with van der Waals surface area (Å²) in [5.41, 5.74) is 3.60. The van der Waals surface area contributed by atoms with E-state index in [0.717, 1.165) is 33.4 Å². The van der Waals surface area contributed by atoms with E-state index in [0.29, 0.717) is 17.9 Å². The number of alkyl carbamates (subject to hydrolysis) is 1. The smallest absolute Gasteiger partial charge is 0.410 e. The van der Waals surface area contributed by atoms with Crippen LogP contribution < -0.4 is 15.0 Å². The number of ether oxygens (including phenoxy) is 5. The summed E-state index contributed by atoms with van der Waals surface area (Å²) in [4.78, 5) is 57.4. The molecule has 3 heterocycles. The van der Waals surface area contributed by atoms with Gasteiger partial charge in [0.05, 0.1) is 25.3 Å². The first-order chi connectivity index (χ1) is 28.9. The first kappa shape index (κ1) is 43.7. The number of carbonyl (C=O) groups excluding carboxylic acids is 4. The van der Waals surface area contributed by atoms with Crippen LogP contribution in [0, 0.1) is 11.8 Å². The fourth-order valence-corrected chi connectivity index (χ4v) is 9.07. The van der Waals surface area contributed by atoms with Gasteiger partial charge in [0.1, 0.15) is 47.0 Å². The summed E-state index contributed by atoms with van der Waals surface area (Å²) >= 11 is 6.81. The molecule has 3 aromatic carbocycles. The summed E-state index contributed by atoms with van der Waals surface area (Å²) in [7, 11) is 4.54. The molecule has 3 amide bonds. The third-order valence-electron chi connectivity index (χ3n) is 12.9. The molecule has 61 heavy (non-hydrogen) atoms. The van der Waals surface area contributed by atoms with E-state index in [2.05, 4.69) is 5.32 Å². The van der Waals surface area contributed by atoms with Crippen LogP contribution in [0.5, 0.6) is 5.75 Å². The zero-order valence-electron chi connectivity index (χ0n) is 35.8. The highest BCUT2D eigenvalue weighted by molar-refractivity contribution is 6.35. The molecule has 4 aliphatic rings. The summed E-state index contributed by atoms with van der Waals surface area (Å²) in [6, 6.07) is 18.5. The third kappa shape index (κ3) is 8.60. The Morgan fingerprint density at radius 1 is 1.08 bits per heavy atom. The second kappa shape index (κ2) is 17.2. The van der Waals surface area contributed by atoms with Gasteiger partial charge in [-0.15, -0.1) is 0 Å². The molecule has 14 heteroatoms. The zero-order valence-corrected chi connectivity index (χ0v) is 36.5. The Bertz CT molecular complexity index is 2230. The molecule has 3 aliphatic heterocycles. The van der Waals surface area contributed by atoms with Crippen LogP contribution in [0.2, 0.25) is 5.02 Å². The molecule has 324 valence electrons. The standard InChI is InChI=1S/C47H54ClN3O10/c1-26-14-13-15-27(2)47(56)24-38(59-44(54)49-47)28(3)42-46(5,61-42)39(23-40(52)51(7)36-21-30(20-26)22-37(57-8)41(36)48)60-43(53)29(4)50(6)45(55)58-25-35-33-18-11-9-16-31(33)32-17-10-12-19-34(32)35/h9-19,21-22,27-29,35,38-39,42,56H,20,23-25H2,1-8H3,(H,49,54)/b15-13+,26-14+/t27?,28?,29-,38?,39?,42?,46?,47?/m1/s1. The number of esters is 1. The quantitative estimate of drug-likeness (QED) is 0.144. The van der Waals surface area contributed by atoms with Crippen LogP contribution in [0.15, 0.2) is 84.5 Å². The van der Waals surface area contributed by atoms with E-state index in [1.165, 1.54) is 30.9 Å². The third-order valence-corrected chi connectivity index (χ3v) is 13.3. The number of carbonyl (C=O) groups is 4. The Labute approximate surface area is 361 Å².